The molecule has 1 atom stereocenters. The largest absolute Gasteiger partial charge is 0.340 e. The Hall–Kier alpha value is -1.92. The molecule has 7 heteroatoms. The van der Waals surface area contributed by atoms with Crippen LogP contribution >= 0.6 is 11.6 Å². The van der Waals surface area contributed by atoms with Crippen molar-refractivity contribution >= 4 is 29.2 Å². The van der Waals surface area contributed by atoms with E-state index in [1.54, 1.807) is 29.8 Å². The van der Waals surface area contributed by atoms with Gasteiger partial charge in [-0.05, 0) is 25.3 Å². The van der Waals surface area contributed by atoms with Gasteiger partial charge >= 0.3 is 0 Å². The molecule has 1 aromatic carbocycles. The molecule has 1 unspecified atom stereocenters. The Balaban J connectivity index is 1.79. The second-order valence-electron chi connectivity index (χ2n) is 7.71. The van der Waals surface area contributed by atoms with Crippen molar-refractivity contribution in [3.63, 3.8) is 0 Å². The van der Waals surface area contributed by atoms with Gasteiger partial charge in [0, 0.05) is 57.2 Å². The second kappa shape index (κ2) is 8.62. The second-order valence-corrected chi connectivity index (χ2v) is 8.11. The number of hydrogen-bond donors (Lipinski definition) is 0. The SMILES string of the molecule is CC(=O)N1CCN(CC(=O)N(C)C2(c3ccccc3Cl)CCCCC2=O)CC1. The normalized spacial score (nSPS) is 23.5. The third-order valence-corrected chi connectivity index (χ3v) is 6.43. The highest BCUT2D eigenvalue weighted by molar-refractivity contribution is 6.31. The van der Waals surface area contributed by atoms with Gasteiger partial charge < -0.3 is 9.80 Å². The van der Waals surface area contributed by atoms with Crippen LogP contribution in [0.2, 0.25) is 5.02 Å². The van der Waals surface area contributed by atoms with Gasteiger partial charge in [-0.25, -0.2) is 0 Å². The molecule has 1 saturated carbocycles. The van der Waals surface area contributed by atoms with Crippen LogP contribution in [-0.2, 0) is 19.9 Å². The Morgan fingerprint density at radius 2 is 1.82 bits per heavy atom. The number of hydrogen-bond acceptors (Lipinski definition) is 4. The van der Waals surface area contributed by atoms with Crippen LogP contribution in [0.25, 0.3) is 0 Å². The molecule has 0 bridgehead atoms. The fourth-order valence-corrected chi connectivity index (χ4v) is 4.65. The van der Waals surface area contributed by atoms with Crippen LogP contribution in [0.1, 0.15) is 38.2 Å². The lowest BCUT2D eigenvalue weighted by Crippen LogP contribution is -2.57. The quantitative estimate of drug-likeness (QED) is 0.771. The van der Waals surface area contributed by atoms with Gasteiger partial charge in [0.25, 0.3) is 0 Å². The van der Waals surface area contributed by atoms with E-state index in [0.29, 0.717) is 44.0 Å². The predicted octanol–water partition coefficient (Wildman–Crippen LogP) is 2.30. The molecule has 1 saturated heterocycles. The fourth-order valence-electron chi connectivity index (χ4n) is 4.36. The molecule has 1 aromatic rings. The molecule has 3 rings (SSSR count). The standard InChI is InChI=1S/C21H28ClN3O3/c1-16(26)25-13-11-24(12-14-25)15-20(28)23(2)21(10-6-5-9-19(21)27)17-7-3-4-8-18(17)22/h3-4,7-8H,5-6,9-15H2,1-2H3. The third-order valence-electron chi connectivity index (χ3n) is 6.10. The summed E-state index contributed by atoms with van der Waals surface area (Å²) >= 11 is 6.46. The van der Waals surface area contributed by atoms with Gasteiger partial charge in [-0.2, -0.15) is 0 Å². The minimum absolute atomic E-state index is 0.0594. The zero-order chi connectivity index (χ0) is 20.3. The Morgan fingerprint density at radius 1 is 1.14 bits per heavy atom. The molecule has 0 aromatic heterocycles. The first-order valence-electron chi connectivity index (χ1n) is 9.89. The molecule has 28 heavy (non-hydrogen) atoms. The molecule has 2 amide bonds. The summed E-state index contributed by atoms with van der Waals surface area (Å²) in [7, 11) is 1.72. The van der Waals surface area contributed by atoms with Crippen molar-refractivity contribution in [1.29, 1.82) is 0 Å². The fraction of sp³-hybridized carbons (Fsp3) is 0.571. The third kappa shape index (κ3) is 3.94. The number of carbonyl (C=O) groups is 3. The number of carbonyl (C=O) groups excluding carboxylic acids is 3. The van der Waals surface area contributed by atoms with Crippen LogP contribution in [0, 0.1) is 0 Å². The number of rotatable bonds is 4. The van der Waals surface area contributed by atoms with E-state index in [2.05, 4.69) is 0 Å². The van der Waals surface area contributed by atoms with Gasteiger partial charge in [0.1, 0.15) is 5.54 Å². The van der Waals surface area contributed by atoms with E-state index in [4.69, 9.17) is 11.6 Å². The molecule has 1 aliphatic heterocycles. The summed E-state index contributed by atoms with van der Waals surface area (Å²) in [6.45, 7) is 4.37. The van der Waals surface area contributed by atoms with Gasteiger partial charge in [0.2, 0.25) is 11.8 Å². The Labute approximate surface area is 171 Å². The van der Waals surface area contributed by atoms with Crippen molar-refractivity contribution in [2.24, 2.45) is 0 Å². The van der Waals surface area contributed by atoms with Crippen LogP contribution < -0.4 is 0 Å². The van der Waals surface area contributed by atoms with Crippen LogP contribution in [0.15, 0.2) is 24.3 Å². The van der Waals surface area contributed by atoms with Crippen molar-refractivity contribution in [1.82, 2.24) is 14.7 Å². The predicted molar refractivity (Wildman–Crippen MR) is 108 cm³/mol. The summed E-state index contributed by atoms with van der Waals surface area (Å²) in [6, 6.07) is 7.34. The topological polar surface area (TPSA) is 60.9 Å². The monoisotopic (exact) mass is 405 g/mol. The molecule has 0 spiro atoms. The maximum Gasteiger partial charge on any atom is 0.237 e. The van der Waals surface area contributed by atoms with E-state index in [1.807, 2.05) is 23.1 Å². The number of benzene rings is 1. The minimum atomic E-state index is -0.991. The number of ketones is 1. The lowest BCUT2D eigenvalue weighted by atomic mass is 9.74. The average Bonchev–Trinajstić information content (AvgIpc) is 2.69. The van der Waals surface area contributed by atoms with Gasteiger partial charge in [0.15, 0.2) is 5.78 Å². The summed E-state index contributed by atoms with van der Waals surface area (Å²) in [5.74, 6) is 0.0316. The zero-order valence-corrected chi connectivity index (χ0v) is 17.4. The summed E-state index contributed by atoms with van der Waals surface area (Å²) in [6.07, 6.45) is 2.78. The van der Waals surface area contributed by atoms with Crippen molar-refractivity contribution in [2.45, 2.75) is 38.1 Å². The number of piperazine rings is 1. The average molecular weight is 406 g/mol. The molecule has 152 valence electrons. The van der Waals surface area contributed by atoms with Crippen molar-refractivity contribution < 1.29 is 14.4 Å². The summed E-state index contributed by atoms with van der Waals surface area (Å²) < 4.78 is 0. The van der Waals surface area contributed by atoms with E-state index < -0.39 is 5.54 Å². The van der Waals surface area contributed by atoms with E-state index >= 15 is 0 Å². The first-order valence-corrected chi connectivity index (χ1v) is 10.3. The first-order chi connectivity index (χ1) is 13.4. The van der Waals surface area contributed by atoms with Gasteiger partial charge in [-0.1, -0.05) is 29.8 Å². The lowest BCUT2D eigenvalue weighted by molar-refractivity contribution is -0.149. The van der Waals surface area contributed by atoms with E-state index in [9.17, 15) is 14.4 Å². The zero-order valence-electron chi connectivity index (χ0n) is 16.6. The molecule has 2 aliphatic rings. The molecule has 6 nitrogen and oxygen atoms in total. The maximum atomic E-state index is 13.2. The first kappa shape index (κ1) is 20.8. The van der Waals surface area contributed by atoms with E-state index in [0.717, 1.165) is 18.4 Å². The molecule has 1 heterocycles. The number of nitrogens with zero attached hydrogens (tertiary/aromatic N) is 3. The van der Waals surface area contributed by atoms with Crippen molar-refractivity contribution in [2.75, 3.05) is 39.8 Å². The van der Waals surface area contributed by atoms with Gasteiger partial charge in [-0.15, -0.1) is 0 Å². The molecule has 0 radical (unpaired) electrons. The number of amides is 2. The van der Waals surface area contributed by atoms with Crippen LogP contribution in [0.5, 0.6) is 0 Å². The Morgan fingerprint density at radius 3 is 2.43 bits per heavy atom. The number of Topliss-reactive ketones (excluding diaryl/α,β-unsaturated/α-hetero) is 1. The maximum absolute atomic E-state index is 13.2. The van der Waals surface area contributed by atoms with Crippen LogP contribution in [-0.4, -0.2) is 72.1 Å². The van der Waals surface area contributed by atoms with Crippen molar-refractivity contribution in [3.05, 3.63) is 34.9 Å². The summed E-state index contributed by atoms with van der Waals surface area (Å²) in [5.41, 5.74) is -0.270. The number of halogens is 1. The Kier molecular flexibility index (Phi) is 6.40. The van der Waals surface area contributed by atoms with E-state index in [-0.39, 0.29) is 24.1 Å². The van der Waals surface area contributed by atoms with Gasteiger partial charge in [0.05, 0.1) is 6.54 Å². The number of likely N-dealkylation sites (N-methyl/N-ethyl adjacent to an activating group) is 1. The van der Waals surface area contributed by atoms with Gasteiger partial charge in [-0.3, -0.25) is 19.3 Å². The van der Waals surface area contributed by atoms with E-state index in [1.165, 1.54) is 0 Å². The lowest BCUT2D eigenvalue weighted by Gasteiger charge is -2.45. The minimum Gasteiger partial charge on any atom is -0.340 e. The van der Waals surface area contributed by atoms with Crippen LogP contribution in [0.3, 0.4) is 0 Å². The van der Waals surface area contributed by atoms with Crippen LogP contribution in [0.4, 0.5) is 0 Å². The van der Waals surface area contributed by atoms with Crippen molar-refractivity contribution in [3.8, 4) is 0 Å². The smallest absolute Gasteiger partial charge is 0.237 e. The Bertz CT molecular complexity index is 761. The highest BCUT2D eigenvalue weighted by atomic mass is 35.5. The highest BCUT2D eigenvalue weighted by Crippen LogP contribution is 2.42. The molecule has 2 fully saturated rings. The molecular weight excluding hydrogens is 378 g/mol. The molecular formula is C21H28ClN3O3. The summed E-state index contributed by atoms with van der Waals surface area (Å²) in [4.78, 5) is 43.2. The summed E-state index contributed by atoms with van der Waals surface area (Å²) in [5, 5.41) is 0.521. The molecule has 0 N–H and O–H groups in total. The molecule has 1 aliphatic carbocycles. The highest BCUT2D eigenvalue weighted by Gasteiger charge is 2.48.